The van der Waals surface area contributed by atoms with Crippen molar-refractivity contribution in [2.24, 2.45) is 5.92 Å². The van der Waals surface area contributed by atoms with Crippen LogP contribution in [-0.4, -0.2) is 9.52 Å². The number of aryl methyl sites for hydroxylation is 3. The molecule has 1 aliphatic rings. The molecule has 0 amide bonds. The highest BCUT2D eigenvalue weighted by Gasteiger charge is 2.35. The molecule has 31 heavy (non-hydrogen) atoms. The van der Waals surface area contributed by atoms with Crippen LogP contribution in [-0.2, 0) is 0 Å². The Labute approximate surface area is 190 Å². The van der Waals surface area contributed by atoms with Crippen molar-refractivity contribution in [3.05, 3.63) is 117 Å². The fourth-order valence-electron chi connectivity index (χ4n) is 5.38. The lowest BCUT2D eigenvalue weighted by Gasteiger charge is -2.29. The van der Waals surface area contributed by atoms with E-state index in [1.807, 2.05) is 0 Å². The van der Waals surface area contributed by atoms with E-state index in [0.29, 0.717) is 11.5 Å². The van der Waals surface area contributed by atoms with Crippen LogP contribution in [0.15, 0.2) is 89.5 Å². The predicted molar refractivity (Wildman–Crippen MR) is 139 cm³/mol. The molecule has 158 valence electrons. The minimum atomic E-state index is -0.562. The summed E-state index contributed by atoms with van der Waals surface area (Å²) in [6.45, 7) is 13.7. The molecule has 3 aromatic rings. The molecule has 0 spiro atoms. The quantitative estimate of drug-likeness (QED) is 0.407. The lowest BCUT2D eigenvalue weighted by atomic mass is 9.84. The molecule has 0 saturated heterocycles. The van der Waals surface area contributed by atoms with Crippen molar-refractivity contribution in [2.75, 3.05) is 0 Å². The van der Waals surface area contributed by atoms with E-state index in [9.17, 15) is 0 Å². The number of rotatable bonds is 5. The van der Waals surface area contributed by atoms with Crippen molar-refractivity contribution in [1.29, 1.82) is 0 Å². The van der Waals surface area contributed by atoms with Crippen molar-refractivity contribution in [3.63, 3.8) is 0 Å². The van der Waals surface area contributed by atoms with Gasteiger partial charge in [0, 0.05) is 5.92 Å². The molecule has 0 heterocycles. The molecule has 0 fully saturated rings. The Morgan fingerprint density at radius 3 is 1.87 bits per heavy atom. The van der Waals surface area contributed by atoms with Crippen molar-refractivity contribution >= 4 is 20.3 Å². The van der Waals surface area contributed by atoms with Crippen LogP contribution in [0.25, 0.3) is 5.57 Å². The first-order valence-corrected chi connectivity index (χ1v) is 12.9. The molecule has 0 radical (unpaired) electrons. The second kappa shape index (κ2) is 8.84. The summed E-state index contributed by atoms with van der Waals surface area (Å²) in [7, 11) is -0.562. The van der Waals surface area contributed by atoms with Crippen molar-refractivity contribution in [1.82, 2.24) is 0 Å². The van der Waals surface area contributed by atoms with E-state index in [1.165, 1.54) is 44.5 Å². The molecule has 1 heteroatoms. The largest absolute Gasteiger partial charge is 0.0657 e. The smallest absolute Gasteiger partial charge is 0.0636 e. The third-order valence-electron chi connectivity index (χ3n) is 7.07. The van der Waals surface area contributed by atoms with Gasteiger partial charge in [-0.2, -0.15) is 0 Å². The summed E-state index contributed by atoms with van der Waals surface area (Å²) >= 11 is 0. The van der Waals surface area contributed by atoms with Gasteiger partial charge < -0.3 is 0 Å². The molecule has 0 aliphatic heterocycles. The van der Waals surface area contributed by atoms with E-state index in [0.717, 1.165) is 0 Å². The maximum absolute atomic E-state index is 2.43. The van der Waals surface area contributed by atoms with Crippen molar-refractivity contribution in [2.45, 2.75) is 47.1 Å². The van der Waals surface area contributed by atoms with Crippen LogP contribution in [0, 0.1) is 26.7 Å². The topological polar surface area (TPSA) is 0 Å². The normalized spacial score (nSPS) is 17.8. The standard InChI is InChI=1S/C30H34Si/c1-19-12-14-26(15-13-19)30(31-27-17-20(2)16-21(3)18-27)29-24(6)22(4)23(5)28(29)25-10-8-7-9-11-25/h7-18,29-30H,31H2,1-6H3. The first kappa shape index (κ1) is 21.6. The Morgan fingerprint density at radius 1 is 0.645 bits per heavy atom. The van der Waals surface area contributed by atoms with Crippen LogP contribution in [0.4, 0.5) is 0 Å². The molecule has 0 bridgehead atoms. The summed E-state index contributed by atoms with van der Waals surface area (Å²) in [4.78, 5) is 0. The van der Waals surface area contributed by atoms with Crippen LogP contribution in [0.5, 0.6) is 0 Å². The Bertz CT molecular complexity index is 1130. The van der Waals surface area contributed by atoms with Gasteiger partial charge in [-0.15, -0.1) is 0 Å². The van der Waals surface area contributed by atoms with E-state index >= 15 is 0 Å². The van der Waals surface area contributed by atoms with Crippen LogP contribution < -0.4 is 5.19 Å². The number of hydrogen-bond acceptors (Lipinski definition) is 0. The highest BCUT2D eigenvalue weighted by atomic mass is 28.2. The molecule has 2 atom stereocenters. The van der Waals surface area contributed by atoms with Crippen LogP contribution in [0.2, 0.25) is 0 Å². The van der Waals surface area contributed by atoms with Crippen molar-refractivity contribution in [3.8, 4) is 0 Å². The molecular weight excluding hydrogens is 388 g/mol. The molecule has 0 saturated carbocycles. The third-order valence-corrected chi connectivity index (χ3v) is 9.33. The SMILES string of the molecule is CC1=C(C)C(C([SiH2]c2cc(C)cc(C)c2)c2ccc(C)cc2)C(c2ccccc2)=C1C. The van der Waals surface area contributed by atoms with Gasteiger partial charge in [0.05, 0.1) is 9.52 Å². The summed E-state index contributed by atoms with van der Waals surface area (Å²) in [5.74, 6) is 0.456. The van der Waals surface area contributed by atoms with E-state index in [2.05, 4.69) is 114 Å². The van der Waals surface area contributed by atoms with Crippen molar-refractivity contribution < 1.29 is 0 Å². The van der Waals surface area contributed by atoms with Gasteiger partial charge in [0.2, 0.25) is 0 Å². The summed E-state index contributed by atoms with van der Waals surface area (Å²) in [5, 5.41) is 1.57. The lowest BCUT2D eigenvalue weighted by Crippen LogP contribution is -2.29. The number of allylic oxidation sites excluding steroid dienone is 4. The summed E-state index contributed by atoms with van der Waals surface area (Å²) in [6, 6.07) is 27.6. The van der Waals surface area contributed by atoms with Gasteiger partial charge >= 0.3 is 0 Å². The van der Waals surface area contributed by atoms with Crippen LogP contribution in [0.1, 0.15) is 54.1 Å². The third kappa shape index (κ3) is 4.38. The summed E-state index contributed by atoms with van der Waals surface area (Å²) in [5.41, 5.74) is 13.6. The van der Waals surface area contributed by atoms with Gasteiger partial charge in [0.15, 0.2) is 0 Å². The van der Waals surface area contributed by atoms with Gasteiger partial charge in [-0.25, -0.2) is 0 Å². The van der Waals surface area contributed by atoms with Gasteiger partial charge in [-0.05, 0) is 74.9 Å². The molecule has 0 nitrogen and oxygen atoms in total. The molecule has 3 aromatic carbocycles. The number of benzene rings is 3. The Morgan fingerprint density at radius 2 is 1.26 bits per heavy atom. The summed E-state index contributed by atoms with van der Waals surface area (Å²) < 4.78 is 0. The van der Waals surface area contributed by atoms with Gasteiger partial charge in [0.1, 0.15) is 0 Å². The molecule has 4 rings (SSSR count). The van der Waals surface area contributed by atoms with Crippen LogP contribution in [0.3, 0.4) is 0 Å². The second-order valence-electron chi connectivity index (χ2n) is 9.41. The monoisotopic (exact) mass is 422 g/mol. The fourth-order valence-corrected chi connectivity index (χ4v) is 8.10. The minimum Gasteiger partial charge on any atom is -0.0657 e. The average Bonchev–Trinajstić information content (AvgIpc) is 2.96. The lowest BCUT2D eigenvalue weighted by molar-refractivity contribution is 0.744. The molecular formula is C30H34Si. The van der Waals surface area contributed by atoms with E-state index in [1.54, 1.807) is 10.8 Å². The maximum Gasteiger partial charge on any atom is 0.0636 e. The summed E-state index contributed by atoms with van der Waals surface area (Å²) in [6.07, 6.45) is 0. The molecule has 0 aromatic heterocycles. The zero-order valence-corrected chi connectivity index (χ0v) is 21.2. The first-order chi connectivity index (χ1) is 14.8. The zero-order chi connectivity index (χ0) is 22.1. The van der Waals surface area contributed by atoms with Gasteiger partial charge in [-0.1, -0.05) is 100 Å². The molecule has 0 N–H and O–H groups in total. The zero-order valence-electron chi connectivity index (χ0n) is 19.8. The first-order valence-electron chi connectivity index (χ1n) is 11.4. The molecule has 1 aliphatic carbocycles. The number of hydrogen-bond donors (Lipinski definition) is 0. The highest BCUT2D eigenvalue weighted by Crippen LogP contribution is 2.48. The predicted octanol–water partition coefficient (Wildman–Crippen LogP) is 6.59. The highest BCUT2D eigenvalue weighted by molar-refractivity contribution is 6.55. The maximum atomic E-state index is 2.43. The van der Waals surface area contributed by atoms with E-state index in [4.69, 9.17) is 0 Å². The Balaban J connectivity index is 1.86. The minimum absolute atomic E-state index is 0.456. The Kier molecular flexibility index (Phi) is 6.16. The van der Waals surface area contributed by atoms with E-state index < -0.39 is 9.52 Å². The second-order valence-corrected chi connectivity index (χ2v) is 11.5. The van der Waals surface area contributed by atoms with Gasteiger partial charge in [-0.3, -0.25) is 0 Å². The van der Waals surface area contributed by atoms with E-state index in [-0.39, 0.29) is 0 Å². The average molecular weight is 423 g/mol. The molecule has 2 unspecified atom stereocenters. The fraction of sp³-hybridized carbons (Fsp3) is 0.267. The van der Waals surface area contributed by atoms with Gasteiger partial charge in [0.25, 0.3) is 0 Å². The Hall–Kier alpha value is -2.64. The van der Waals surface area contributed by atoms with Crippen LogP contribution >= 0.6 is 0 Å².